The maximum atomic E-state index is 12.1. The summed E-state index contributed by atoms with van der Waals surface area (Å²) in [6, 6.07) is 4.79. The Bertz CT molecular complexity index is 721. The third-order valence-corrected chi connectivity index (χ3v) is 2.45. The first-order valence-electron chi connectivity index (χ1n) is 5.37. The van der Waals surface area contributed by atoms with Crippen LogP contribution in [0.3, 0.4) is 0 Å². The number of nitrogens with one attached hydrogen (secondary N) is 1. The summed E-state index contributed by atoms with van der Waals surface area (Å²) in [5.74, 6) is -1.63. The zero-order valence-corrected chi connectivity index (χ0v) is 9.82. The Morgan fingerprint density at radius 2 is 2.05 bits per heavy atom. The van der Waals surface area contributed by atoms with Crippen molar-refractivity contribution in [3.8, 4) is 5.75 Å². The number of aromatic amines is 1. The van der Waals surface area contributed by atoms with E-state index in [2.05, 4.69) is 9.72 Å². The quantitative estimate of drug-likeness (QED) is 0.906. The zero-order valence-electron chi connectivity index (χ0n) is 9.82. The lowest BCUT2D eigenvalue weighted by molar-refractivity contribution is -0.153. The Hall–Kier alpha value is -2.51. The van der Waals surface area contributed by atoms with Crippen molar-refractivity contribution in [3.05, 3.63) is 40.2 Å². The molecule has 1 heterocycles. The van der Waals surface area contributed by atoms with Gasteiger partial charge in [-0.05, 0) is 12.1 Å². The van der Waals surface area contributed by atoms with E-state index in [0.29, 0.717) is 0 Å². The molecule has 20 heavy (non-hydrogen) atoms. The van der Waals surface area contributed by atoms with Crippen molar-refractivity contribution in [3.63, 3.8) is 0 Å². The van der Waals surface area contributed by atoms with Gasteiger partial charge in [-0.3, -0.25) is 4.79 Å². The molecule has 0 aliphatic rings. The predicted octanol–water partition coefficient (Wildman–Crippen LogP) is 2.17. The number of carboxylic acid groups (broad SMARTS) is 1. The second-order valence-electron chi connectivity index (χ2n) is 3.93. The number of pyridine rings is 1. The van der Waals surface area contributed by atoms with Crippen LogP contribution in [0, 0.1) is 0 Å². The smallest absolute Gasteiger partial charge is 0.422 e. The number of ether oxygens (including phenoxy) is 1. The largest absolute Gasteiger partial charge is 0.482 e. The highest BCUT2D eigenvalue weighted by atomic mass is 19.4. The van der Waals surface area contributed by atoms with E-state index in [0.717, 1.165) is 6.07 Å². The normalized spacial score (nSPS) is 11.6. The standard InChI is InChI=1S/C12H8F3NO4/c13-12(14,15)5-20-9-3-1-2-6-8(17)4-7(11(18)19)16-10(6)9/h1-4H,5H2,(H,16,17)(H,18,19). The molecule has 0 saturated heterocycles. The van der Waals surface area contributed by atoms with Crippen LogP contribution in [0.2, 0.25) is 0 Å². The van der Waals surface area contributed by atoms with Gasteiger partial charge in [0.1, 0.15) is 11.4 Å². The second-order valence-corrected chi connectivity index (χ2v) is 3.93. The lowest BCUT2D eigenvalue weighted by Crippen LogP contribution is -2.19. The molecule has 5 nitrogen and oxygen atoms in total. The first-order chi connectivity index (χ1) is 9.28. The molecule has 0 spiro atoms. The predicted molar refractivity (Wildman–Crippen MR) is 63.1 cm³/mol. The number of para-hydroxylation sites is 1. The summed E-state index contributed by atoms with van der Waals surface area (Å²) in [6.07, 6.45) is -4.53. The van der Waals surface area contributed by atoms with E-state index in [-0.39, 0.29) is 16.7 Å². The van der Waals surface area contributed by atoms with E-state index in [1.165, 1.54) is 18.2 Å². The Morgan fingerprint density at radius 3 is 2.65 bits per heavy atom. The Labute approximate surface area is 109 Å². The molecule has 2 rings (SSSR count). The van der Waals surface area contributed by atoms with E-state index < -0.39 is 29.9 Å². The minimum absolute atomic E-state index is 0.0506. The first kappa shape index (κ1) is 13.9. The van der Waals surface area contributed by atoms with Crippen LogP contribution in [0.4, 0.5) is 13.2 Å². The van der Waals surface area contributed by atoms with E-state index in [1.807, 2.05) is 0 Å². The van der Waals surface area contributed by atoms with E-state index in [4.69, 9.17) is 5.11 Å². The van der Waals surface area contributed by atoms with Gasteiger partial charge in [-0.15, -0.1) is 0 Å². The maximum Gasteiger partial charge on any atom is 0.422 e. The van der Waals surface area contributed by atoms with Crippen LogP contribution in [0.1, 0.15) is 10.5 Å². The fourth-order valence-electron chi connectivity index (χ4n) is 1.64. The van der Waals surface area contributed by atoms with E-state index in [9.17, 15) is 22.8 Å². The number of alkyl halides is 3. The SMILES string of the molecule is O=C(O)c1cc(=O)c2cccc(OCC(F)(F)F)c2[nH]1. The molecule has 0 bridgehead atoms. The Morgan fingerprint density at radius 1 is 1.35 bits per heavy atom. The summed E-state index contributed by atoms with van der Waals surface area (Å²) >= 11 is 0. The van der Waals surface area contributed by atoms with Crippen molar-refractivity contribution in [1.29, 1.82) is 0 Å². The van der Waals surface area contributed by atoms with Crippen LogP contribution in [0.15, 0.2) is 29.1 Å². The summed E-state index contributed by atoms with van der Waals surface area (Å²) < 4.78 is 41.0. The first-order valence-corrected chi connectivity index (χ1v) is 5.37. The van der Waals surface area contributed by atoms with Gasteiger partial charge < -0.3 is 14.8 Å². The molecule has 0 aliphatic carbocycles. The maximum absolute atomic E-state index is 12.1. The number of H-pyrrole nitrogens is 1. The van der Waals surface area contributed by atoms with Gasteiger partial charge in [0.15, 0.2) is 12.0 Å². The zero-order chi connectivity index (χ0) is 14.9. The number of hydrogen-bond donors (Lipinski definition) is 2. The monoisotopic (exact) mass is 287 g/mol. The molecule has 0 fully saturated rings. The van der Waals surface area contributed by atoms with Crippen molar-refractivity contribution < 1.29 is 27.8 Å². The summed E-state index contributed by atoms with van der Waals surface area (Å²) in [4.78, 5) is 24.9. The minimum Gasteiger partial charge on any atom is -0.482 e. The highest BCUT2D eigenvalue weighted by Crippen LogP contribution is 2.24. The molecule has 0 aliphatic heterocycles. The van der Waals surface area contributed by atoms with Crippen molar-refractivity contribution in [2.24, 2.45) is 0 Å². The molecule has 8 heteroatoms. The van der Waals surface area contributed by atoms with Crippen LogP contribution in [0.5, 0.6) is 5.75 Å². The third-order valence-electron chi connectivity index (χ3n) is 2.45. The van der Waals surface area contributed by atoms with Gasteiger partial charge in [-0.25, -0.2) is 4.79 Å². The molecule has 1 aromatic heterocycles. The molecule has 0 amide bonds. The lowest BCUT2D eigenvalue weighted by atomic mass is 10.2. The van der Waals surface area contributed by atoms with Gasteiger partial charge >= 0.3 is 12.1 Å². The number of fused-ring (bicyclic) bond motifs is 1. The summed E-state index contributed by atoms with van der Waals surface area (Å²) in [6.45, 7) is -1.54. The minimum atomic E-state index is -4.53. The molecule has 0 unspecified atom stereocenters. The molecule has 1 aromatic carbocycles. The molecule has 0 atom stereocenters. The average Bonchev–Trinajstić information content (AvgIpc) is 2.35. The van der Waals surface area contributed by atoms with Crippen LogP contribution >= 0.6 is 0 Å². The molecule has 2 N–H and O–H groups in total. The van der Waals surface area contributed by atoms with Crippen molar-refractivity contribution >= 4 is 16.9 Å². The van der Waals surface area contributed by atoms with Gasteiger partial charge in [0.25, 0.3) is 0 Å². The van der Waals surface area contributed by atoms with Crippen LogP contribution in [-0.2, 0) is 0 Å². The van der Waals surface area contributed by atoms with Gasteiger partial charge in [0, 0.05) is 11.5 Å². The topological polar surface area (TPSA) is 79.4 Å². The van der Waals surface area contributed by atoms with Crippen LogP contribution < -0.4 is 10.2 Å². The number of aromatic nitrogens is 1. The number of hydrogen-bond acceptors (Lipinski definition) is 3. The van der Waals surface area contributed by atoms with Gasteiger partial charge in [0.05, 0.1) is 5.52 Å². The van der Waals surface area contributed by atoms with Gasteiger partial charge in [-0.1, -0.05) is 6.07 Å². The van der Waals surface area contributed by atoms with Crippen LogP contribution in [0.25, 0.3) is 10.9 Å². The molecule has 2 aromatic rings. The van der Waals surface area contributed by atoms with E-state index >= 15 is 0 Å². The van der Waals surface area contributed by atoms with Crippen molar-refractivity contribution in [2.45, 2.75) is 6.18 Å². The summed E-state index contributed by atoms with van der Waals surface area (Å²) in [5.41, 5.74) is -1.12. The molecule has 0 saturated carbocycles. The number of carbonyl (C=O) groups is 1. The number of halogens is 3. The highest BCUT2D eigenvalue weighted by Gasteiger charge is 2.28. The Balaban J connectivity index is 2.55. The molecular weight excluding hydrogens is 279 g/mol. The number of carboxylic acids is 1. The number of aromatic carboxylic acids is 1. The number of benzene rings is 1. The lowest BCUT2D eigenvalue weighted by Gasteiger charge is -2.11. The van der Waals surface area contributed by atoms with Gasteiger partial charge in [-0.2, -0.15) is 13.2 Å². The second kappa shape index (κ2) is 4.87. The Kier molecular flexibility index (Phi) is 3.39. The summed E-state index contributed by atoms with van der Waals surface area (Å²) in [7, 11) is 0. The average molecular weight is 287 g/mol. The number of rotatable bonds is 3. The molecule has 0 radical (unpaired) electrons. The third kappa shape index (κ3) is 2.90. The summed E-state index contributed by atoms with van der Waals surface area (Å²) in [5, 5.41) is 8.88. The molecular formula is C12H8F3NO4. The van der Waals surface area contributed by atoms with Crippen molar-refractivity contribution in [2.75, 3.05) is 6.61 Å². The van der Waals surface area contributed by atoms with Crippen molar-refractivity contribution in [1.82, 2.24) is 4.98 Å². The molecule has 106 valence electrons. The van der Waals surface area contributed by atoms with Crippen LogP contribution in [-0.4, -0.2) is 28.8 Å². The highest BCUT2D eigenvalue weighted by molar-refractivity contribution is 5.91. The fraction of sp³-hybridized carbons (Fsp3) is 0.167. The van der Waals surface area contributed by atoms with E-state index in [1.54, 1.807) is 0 Å². The fourth-order valence-corrected chi connectivity index (χ4v) is 1.64. The van der Waals surface area contributed by atoms with Gasteiger partial charge in [0.2, 0.25) is 0 Å².